The Morgan fingerprint density at radius 1 is 1.15 bits per heavy atom. The van der Waals surface area contributed by atoms with Gasteiger partial charge in [-0.3, -0.25) is 14.4 Å². The van der Waals surface area contributed by atoms with E-state index in [-0.39, 0.29) is 18.7 Å². The topological polar surface area (TPSA) is 115 Å². The third-order valence-electron chi connectivity index (χ3n) is 6.43. The normalized spacial score (nSPS) is 19.5. The molecule has 1 aromatic rings. The Bertz CT molecular complexity index is 848. The molecule has 0 radical (unpaired) electrons. The molecule has 190 valence electrons. The number of halogens is 3. The molecule has 1 saturated heterocycles. The van der Waals surface area contributed by atoms with Gasteiger partial charge in [0.25, 0.3) is 0 Å². The number of hydrogen-bond acceptors (Lipinski definition) is 7. The summed E-state index contributed by atoms with van der Waals surface area (Å²) >= 11 is 0. The van der Waals surface area contributed by atoms with Gasteiger partial charge in [-0.15, -0.1) is 0 Å². The molecule has 9 nitrogen and oxygen atoms in total. The summed E-state index contributed by atoms with van der Waals surface area (Å²) in [6, 6.07) is -1.13. The summed E-state index contributed by atoms with van der Waals surface area (Å²) < 4.78 is 47.6. The van der Waals surface area contributed by atoms with Crippen molar-refractivity contribution in [2.45, 2.75) is 70.5 Å². The first kappa shape index (κ1) is 26.1. The van der Waals surface area contributed by atoms with Gasteiger partial charge in [-0.05, 0) is 18.8 Å². The van der Waals surface area contributed by atoms with E-state index >= 15 is 0 Å². The van der Waals surface area contributed by atoms with Gasteiger partial charge >= 0.3 is 12.1 Å². The Kier molecular flexibility index (Phi) is 9.03. The van der Waals surface area contributed by atoms with Gasteiger partial charge in [0.2, 0.25) is 23.4 Å². The van der Waals surface area contributed by atoms with Crippen molar-refractivity contribution in [3.63, 3.8) is 0 Å². The van der Waals surface area contributed by atoms with E-state index in [4.69, 9.17) is 4.74 Å². The fourth-order valence-corrected chi connectivity index (χ4v) is 4.50. The summed E-state index contributed by atoms with van der Waals surface area (Å²) in [5.41, 5.74) is 0. The minimum Gasteiger partial charge on any atom is -0.378 e. The van der Waals surface area contributed by atoms with Crippen LogP contribution in [0, 0.1) is 11.8 Å². The number of ether oxygens (including phenoxy) is 1. The zero-order valence-electron chi connectivity index (χ0n) is 19.2. The molecule has 0 aromatic carbocycles. The lowest BCUT2D eigenvalue weighted by atomic mass is 9.81. The first-order valence-corrected chi connectivity index (χ1v) is 11.8. The molecule has 2 aliphatic rings. The largest absolute Gasteiger partial charge is 0.471 e. The average Bonchev–Trinajstić information content (AvgIpc) is 3.34. The van der Waals surface area contributed by atoms with Gasteiger partial charge in [0, 0.05) is 25.4 Å². The van der Waals surface area contributed by atoms with Crippen LogP contribution in [0.5, 0.6) is 0 Å². The van der Waals surface area contributed by atoms with Gasteiger partial charge in [0.15, 0.2) is 0 Å². The highest BCUT2D eigenvalue weighted by atomic mass is 19.4. The third kappa shape index (κ3) is 7.00. The molecule has 1 unspecified atom stereocenters. The second kappa shape index (κ2) is 11.8. The van der Waals surface area contributed by atoms with E-state index in [2.05, 4.69) is 20.0 Å². The Morgan fingerprint density at radius 3 is 2.41 bits per heavy atom. The van der Waals surface area contributed by atoms with E-state index in [1.54, 1.807) is 11.8 Å². The van der Waals surface area contributed by atoms with Crippen LogP contribution in [0.1, 0.15) is 74.8 Å². The maximum Gasteiger partial charge on any atom is 0.471 e. The fraction of sp³-hybridized carbons (Fsp3) is 0.773. The molecule has 1 saturated carbocycles. The number of Topliss-reactive ketones (excluding diaryl/α,β-unsaturated/α-hetero) is 1. The molecule has 2 heterocycles. The zero-order chi connectivity index (χ0) is 24.7. The maximum absolute atomic E-state index is 13.2. The average molecular weight is 489 g/mol. The molecule has 1 aliphatic carbocycles. The molecular weight excluding hydrogens is 457 g/mol. The second-order valence-electron chi connectivity index (χ2n) is 8.89. The monoisotopic (exact) mass is 488 g/mol. The number of morpholine rings is 1. The lowest BCUT2D eigenvalue weighted by Crippen LogP contribution is -2.46. The molecule has 3 rings (SSSR count). The van der Waals surface area contributed by atoms with Crippen LogP contribution in [0.25, 0.3) is 0 Å². The van der Waals surface area contributed by atoms with Crippen LogP contribution in [-0.2, 0) is 20.5 Å². The van der Waals surface area contributed by atoms with Crippen LogP contribution in [-0.4, -0.2) is 65.0 Å². The van der Waals surface area contributed by atoms with Crippen LogP contribution in [0.4, 0.5) is 13.2 Å². The molecule has 2 atom stereocenters. The molecule has 12 heteroatoms. The SMILES string of the molecule is CC[C@H](NC(=O)C(CC(=O)N1CCOCC1)CC1CCCCC1)C(=O)c1noc(C(F)(F)F)n1. The summed E-state index contributed by atoms with van der Waals surface area (Å²) in [5, 5.41) is 5.75. The number of alkyl halides is 3. The second-order valence-corrected chi connectivity index (χ2v) is 8.89. The first-order chi connectivity index (χ1) is 16.2. The Hall–Kier alpha value is -2.50. The highest BCUT2D eigenvalue weighted by Gasteiger charge is 2.40. The Labute approximate surface area is 195 Å². The number of amides is 2. The van der Waals surface area contributed by atoms with E-state index in [1.807, 2.05) is 0 Å². The zero-order valence-corrected chi connectivity index (χ0v) is 19.2. The molecular formula is C22H31F3N4O5. The van der Waals surface area contributed by atoms with Crippen molar-refractivity contribution >= 4 is 17.6 Å². The molecule has 1 aromatic heterocycles. The van der Waals surface area contributed by atoms with Crippen molar-refractivity contribution in [3.05, 3.63) is 11.7 Å². The van der Waals surface area contributed by atoms with Gasteiger partial charge in [-0.1, -0.05) is 44.2 Å². The fourth-order valence-electron chi connectivity index (χ4n) is 4.50. The summed E-state index contributed by atoms with van der Waals surface area (Å²) in [7, 11) is 0. The van der Waals surface area contributed by atoms with Gasteiger partial charge in [0.1, 0.15) is 0 Å². The molecule has 1 aliphatic heterocycles. The summed E-state index contributed by atoms with van der Waals surface area (Å²) in [5.74, 6) is -4.18. The molecule has 2 amide bonds. The number of aromatic nitrogens is 2. The van der Waals surface area contributed by atoms with E-state index in [1.165, 1.54) is 0 Å². The van der Waals surface area contributed by atoms with Crippen LogP contribution < -0.4 is 5.32 Å². The standard InChI is InChI=1S/C22H31F3N4O5/c1-2-16(18(31)19-27-21(34-28-19)22(23,24)25)26-20(32)15(12-14-6-4-3-5-7-14)13-17(30)29-8-10-33-11-9-29/h14-16H,2-13H2,1H3,(H,26,32)/t15?,16-/m0/s1. The van der Waals surface area contributed by atoms with E-state index in [9.17, 15) is 27.6 Å². The number of carbonyl (C=O) groups is 3. The first-order valence-electron chi connectivity index (χ1n) is 11.8. The van der Waals surface area contributed by atoms with Crippen LogP contribution >= 0.6 is 0 Å². The number of ketones is 1. The highest BCUT2D eigenvalue weighted by Crippen LogP contribution is 2.31. The predicted molar refractivity (Wildman–Crippen MR) is 113 cm³/mol. The number of rotatable bonds is 9. The van der Waals surface area contributed by atoms with Crippen LogP contribution in [0.15, 0.2) is 4.52 Å². The lowest BCUT2D eigenvalue weighted by Gasteiger charge is -2.30. The summed E-state index contributed by atoms with van der Waals surface area (Å²) in [6.45, 7) is 3.44. The van der Waals surface area contributed by atoms with Gasteiger partial charge in [-0.2, -0.15) is 18.2 Å². The number of hydrogen-bond donors (Lipinski definition) is 1. The van der Waals surface area contributed by atoms with Crippen molar-refractivity contribution in [1.82, 2.24) is 20.4 Å². The van der Waals surface area contributed by atoms with Crippen LogP contribution in [0.2, 0.25) is 0 Å². The highest BCUT2D eigenvalue weighted by molar-refractivity contribution is 5.99. The Morgan fingerprint density at radius 2 is 1.82 bits per heavy atom. The number of nitrogens with zero attached hydrogens (tertiary/aromatic N) is 3. The van der Waals surface area contributed by atoms with E-state index < -0.39 is 41.5 Å². The smallest absolute Gasteiger partial charge is 0.378 e. The van der Waals surface area contributed by atoms with Crippen LogP contribution in [0.3, 0.4) is 0 Å². The lowest BCUT2D eigenvalue weighted by molar-refractivity contribution is -0.159. The van der Waals surface area contributed by atoms with Gasteiger partial charge in [-0.25, -0.2) is 0 Å². The van der Waals surface area contributed by atoms with E-state index in [0.29, 0.717) is 38.6 Å². The minimum absolute atomic E-state index is 0.00733. The Balaban J connectivity index is 1.69. The van der Waals surface area contributed by atoms with Crippen molar-refractivity contribution < 1.29 is 36.8 Å². The molecule has 0 spiro atoms. The summed E-state index contributed by atoms with van der Waals surface area (Å²) in [4.78, 5) is 43.5. The molecule has 1 N–H and O–H groups in total. The van der Waals surface area contributed by atoms with E-state index in [0.717, 1.165) is 32.1 Å². The molecule has 0 bridgehead atoms. The minimum atomic E-state index is -4.87. The quantitative estimate of drug-likeness (QED) is 0.532. The summed E-state index contributed by atoms with van der Waals surface area (Å²) in [6.07, 6.45) is 1.04. The van der Waals surface area contributed by atoms with Gasteiger partial charge in [0.05, 0.1) is 19.3 Å². The number of nitrogens with one attached hydrogen (secondary N) is 1. The number of carbonyl (C=O) groups excluding carboxylic acids is 3. The van der Waals surface area contributed by atoms with Crippen molar-refractivity contribution in [2.24, 2.45) is 11.8 Å². The van der Waals surface area contributed by atoms with Crippen molar-refractivity contribution in [2.75, 3.05) is 26.3 Å². The van der Waals surface area contributed by atoms with Crippen molar-refractivity contribution in [3.8, 4) is 0 Å². The molecule has 34 heavy (non-hydrogen) atoms. The third-order valence-corrected chi connectivity index (χ3v) is 6.43. The molecule has 2 fully saturated rings. The van der Waals surface area contributed by atoms with Gasteiger partial charge < -0.3 is 19.5 Å². The maximum atomic E-state index is 13.2. The van der Waals surface area contributed by atoms with Crippen molar-refractivity contribution in [1.29, 1.82) is 0 Å². The predicted octanol–water partition coefficient (Wildman–Crippen LogP) is 3.00.